The van der Waals surface area contributed by atoms with Crippen molar-refractivity contribution in [3.8, 4) is 0 Å². The Morgan fingerprint density at radius 3 is 2.08 bits per heavy atom. The zero-order valence-corrected chi connectivity index (χ0v) is 20.4. The number of rotatable bonds is 7. The summed E-state index contributed by atoms with van der Waals surface area (Å²) in [5.41, 5.74) is 2.51. The van der Waals surface area contributed by atoms with E-state index in [9.17, 15) is 29.3 Å². The average molecular weight is 501 g/mol. The van der Waals surface area contributed by atoms with Gasteiger partial charge < -0.3 is 10.2 Å². The summed E-state index contributed by atoms with van der Waals surface area (Å²) in [6.07, 6.45) is 0. The van der Waals surface area contributed by atoms with E-state index in [0.717, 1.165) is 20.9 Å². The van der Waals surface area contributed by atoms with Gasteiger partial charge in [-0.15, -0.1) is 0 Å². The molecule has 37 heavy (non-hydrogen) atoms. The second-order valence-electron chi connectivity index (χ2n) is 8.76. The molecular formula is C27H24N4O6. The zero-order chi connectivity index (χ0) is 26.9. The number of nitrogens with one attached hydrogen (secondary N) is 1. The van der Waals surface area contributed by atoms with Crippen LogP contribution in [0.25, 0.3) is 0 Å². The number of carbonyl (C=O) groups is 4. The standard InChI is InChI=1S/C27H24N4O6/c1-16-8-6-9-17(2)23(16)28-25(33)24(18-10-7-11-19(14-18)31(36)37)29(3)22(32)15-30-26(34)20-12-4-5-13-21(20)27(30)35/h4-14,24H,15H2,1-3H3,(H,28,33). The van der Waals surface area contributed by atoms with E-state index >= 15 is 0 Å². The second kappa shape index (κ2) is 10.0. The number of nitrogens with zero attached hydrogens (tertiary/aromatic N) is 3. The molecule has 10 heteroatoms. The van der Waals surface area contributed by atoms with Crippen molar-refractivity contribution < 1.29 is 24.1 Å². The number of carbonyl (C=O) groups excluding carboxylic acids is 4. The molecule has 0 bridgehead atoms. The number of hydrogen-bond donors (Lipinski definition) is 1. The Bertz CT molecular complexity index is 1400. The van der Waals surface area contributed by atoms with Gasteiger partial charge in [-0.25, -0.2) is 0 Å². The van der Waals surface area contributed by atoms with Crippen molar-refractivity contribution in [2.45, 2.75) is 19.9 Å². The van der Waals surface area contributed by atoms with Crippen LogP contribution in [0.3, 0.4) is 0 Å². The van der Waals surface area contributed by atoms with E-state index in [1.807, 2.05) is 32.0 Å². The summed E-state index contributed by atoms with van der Waals surface area (Å²) >= 11 is 0. The van der Waals surface area contributed by atoms with Gasteiger partial charge in [-0.3, -0.25) is 34.2 Å². The first kappa shape index (κ1) is 25.2. The van der Waals surface area contributed by atoms with E-state index < -0.39 is 41.1 Å². The molecule has 1 aliphatic heterocycles. The molecule has 1 N–H and O–H groups in total. The maximum absolute atomic E-state index is 13.6. The molecule has 10 nitrogen and oxygen atoms in total. The van der Waals surface area contributed by atoms with E-state index in [2.05, 4.69) is 5.32 Å². The molecule has 0 fully saturated rings. The normalized spacial score (nSPS) is 13.2. The van der Waals surface area contributed by atoms with Gasteiger partial charge in [-0.1, -0.05) is 42.5 Å². The molecule has 1 aliphatic rings. The van der Waals surface area contributed by atoms with Crippen LogP contribution >= 0.6 is 0 Å². The Kier molecular flexibility index (Phi) is 6.83. The van der Waals surface area contributed by atoms with Crippen molar-refractivity contribution in [1.82, 2.24) is 9.80 Å². The predicted octanol–water partition coefficient (Wildman–Crippen LogP) is 3.65. The van der Waals surface area contributed by atoms with Crippen LogP contribution in [-0.2, 0) is 9.59 Å². The van der Waals surface area contributed by atoms with Gasteiger partial charge in [0, 0.05) is 24.9 Å². The Balaban J connectivity index is 1.66. The quantitative estimate of drug-likeness (QED) is 0.299. The lowest BCUT2D eigenvalue weighted by Gasteiger charge is -2.29. The molecule has 0 aliphatic carbocycles. The van der Waals surface area contributed by atoms with Crippen molar-refractivity contribution in [3.05, 3.63) is 105 Å². The van der Waals surface area contributed by atoms with Crippen molar-refractivity contribution in [2.24, 2.45) is 0 Å². The summed E-state index contributed by atoms with van der Waals surface area (Å²) < 4.78 is 0. The molecule has 4 rings (SSSR count). The Morgan fingerprint density at radius 1 is 0.946 bits per heavy atom. The number of aryl methyl sites for hydroxylation is 2. The molecule has 3 aromatic rings. The van der Waals surface area contributed by atoms with Crippen LogP contribution in [-0.4, -0.2) is 51.9 Å². The maximum atomic E-state index is 13.6. The molecule has 0 radical (unpaired) electrons. The fourth-order valence-corrected chi connectivity index (χ4v) is 4.34. The molecule has 0 spiro atoms. The minimum absolute atomic E-state index is 0.200. The Hall–Kier alpha value is -4.86. The van der Waals surface area contributed by atoms with E-state index in [1.165, 1.54) is 43.4 Å². The van der Waals surface area contributed by atoms with Crippen molar-refractivity contribution >= 4 is 35.0 Å². The first-order valence-electron chi connectivity index (χ1n) is 11.4. The van der Waals surface area contributed by atoms with Gasteiger partial charge >= 0.3 is 0 Å². The van der Waals surface area contributed by atoms with Gasteiger partial charge in [-0.2, -0.15) is 0 Å². The zero-order valence-electron chi connectivity index (χ0n) is 20.4. The molecular weight excluding hydrogens is 476 g/mol. The van der Waals surface area contributed by atoms with Gasteiger partial charge in [0.25, 0.3) is 23.4 Å². The van der Waals surface area contributed by atoms with Crippen molar-refractivity contribution in [1.29, 1.82) is 0 Å². The third-order valence-electron chi connectivity index (χ3n) is 6.33. The average Bonchev–Trinajstić information content (AvgIpc) is 3.11. The van der Waals surface area contributed by atoms with E-state index in [0.29, 0.717) is 5.69 Å². The third-order valence-corrected chi connectivity index (χ3v) is 6.33. The molecule has 188 valence electrons. The van der Waals surface area contributed by atoms with Crippen molar-refractivity contribution in [2.75, 3.05) is 18.9 Å². The minimum Gasteiger partial charge on any atom is -0.328 e. The van der Waals surface area contributed by atoms with Gasteiger partial charge in [0.15, 0.2) is 0 Å². The summed E-state index contributed by atoms with van der Waals surface area (Å²) in [7, 11) is 1.36. The second-order valence-corrected chi connectivity index (χ2v) is 8.76. The van der Waals surface area contributed by atoms with E-state index in [4.69, 9.17) is 0 Å². The first-order valence-corrected chi connectivity index (χ1v) is 11.4. The molecule has 1 atom stereocenters. The highest BCUT2D eigenvalue weighted by molar-refractivity contribution is 6.22. The van der Waals surface area contributed by atoms with Gasteiger partial charge in [0.2, 0.25) is 5.91 Å². The smallest absolute Gasteiger partial charge is 0.269 e. The number of amides is 4. The topological polar surface area (TPSA) is 130 Å². The highest BCUT2D eigenvalue weighted by atomic mass is 16.6. The highest BCUT2D eigenvalue weighted by Crippen LogP contribution is 2.28. The number of nitro benzene ring substituents is 1. The molecule has 4 amide bonds. The third kappa shape index (κ3) is 4.81. The predicted molar refractivity (Wildman–Crippen MR) is 135 cm³/mol. The van der Waals surface area contributed by atoms with Crippen LogP contribution in [0, 0.1) is 24.0 Å². The lowest BCUT2D eigenvalue weighted by atomic mass is 10.0. The fraction of sp³-hybridized carbons (Fsp3) is 0.185. The Labute approximate surface area is 212 Å². The van der Waals surface area contributed by atoms with Gasteiger partial charge in [-0.05, 0) is 42.7 Å². The molecule has 0 saturated heterocycles. The van der Waals surface area contributed by atoms with Crippen molar-refractivity contribution in [3.63, 3.8) is 0 Å². The van der Waals surface area contributed by atoms with Crippen LogP contribution < -0.4 is 5.32 Å². The lowest BCUT2D eigenvalue weighted by Crippen LogP contribution is -2.45. The molecule has 1 unspecified atom stereocenters. The van der Waals surface area contributed by atoms with Crippen LogP contribution in [0.15, 0.2) is 66.7 Å². The molecule has 3 aromatic carbocycles. The minimum atomic E-state index is -1.28. The number of nitro groups is 1. The summed E-state index contributed by atoms with van der Waals surface area (Å²) in [5.74, 6) is -2.50. The summed E-state index contributed by atoms with van der Waals surface area (Å²) in [5, 5.41) is 14.2. The monoisotopic (exact) mass is 500 g/mol. The van der Waals surface area contributed by atoms with E-state index in [-0.39, 0.29) is 22.4 Å². The molecule has 1 heterocycles. The van der Waals surface area contributed by atoms with Crippen LogP contribution in [0.4, 0.5) is 11.4 Å². The fourth-order valence-electron chi connectivity index (χ4n) is 4.34. The number of fused-ring (bicyclic) bond motifs is 1. The number of hydrogen-bond acceptors (Lipinski definition) is 6. The number of imide groups is 1. The van der Waals surface area contributed by atoms with Crippen LogP contribution in [0.1, 0.15) is 43.4 Å². The summed E-state index contributed by atoms with van der Waals surface area (Å²) in [6.45, 7) is 3.05. The number of non-ortho nitro benzene ring substituents is 1. The number of likely N-dealkylation sites (N-methyl/N-ethyl adjacent to an activating group) is 1. The first-order chi connectivity index (χ1) is 17.6. The summed E-state index contributed by atoms with van der Waals surface area (Å²) in [6, 6.07) is 15.9. The maximum Gasteiger partial charge on any atom is 0.269 e. The molecule has 0 aromatic heterocycles. The summed E-state index contributed by atoms with van der Waals surface area (Å²) in [4.78, 5) is 65.1. The van der Waals surface area contributed by atoms with Gasteiger partial charge in [0.05, 0.1) is 16.1 Å². The van der Waals surface area contributed by atoms with Crippen LogP contribution in [0.2, 0.25) is 0 Å². The molecule has 0 saturated carbocycles. The number of para-hydroxylation sites is 1. The highest BCUT2D eigenvalue weighted by Gasteiger charge is 2.38. The van der Waals surface area contributed by atoms with E-state index in [1.54, 1.807) is 12.1 Å². The largest absolute Gasteiger partial charge is 0.328 e. The SMILES string of the molecule is Cc1cccc(C)c1NC(=O)C(c1cccc([N+](=O)[O-])c1)N(C)C(=O)CN1C(=O)c2ccccc2C1=O. The lowest BCUT2D eigenvalue weighted by molar-refractivity contribution is -0.384. The van der Waals surface area contributed by atoms with Gasteiger partial charge in [0.1, 0.15) is 12.6 Å². The Morgan fingerprint density at radius 2 is 1.51 bits per heavy atom. The number of benzene rings is 3. The number of anilines is 1. The van der Waals surface area contributed by atoms with Crippen LogP contribution in [0.5, 0.6) is 0 Å².